The lowest BCUT2D eigenvalue weighted by Gasteiger charge is -2.35. The van der Waals surface area contributed by atoms with Gasteiger partial charge in [0.1, 0.15) is 0 Å². The zero-order chi connectivity index (χ0) is 7.84. The van der Waals surface area contributed by atoms with E-state index in [1.165, 1.54) is 24.8 Å². The summed E-state index contributed by atoms with van der Waals surface area (Å²) in [6, 6.07) is 0.985. The molecule has 11 heavy (non-hydrogen) atoms. The molecule has 0 radical (unpaired) electrons. The highest BCUT2D eigenvalue weighted by molar-refractivity contribution is 5.07. The Hall–Kier alpha value is -0.660. The Bertz CT molecular complexity index is 208. The van der Waals surface area contributed by atoms with Crippen LogP contribution in [0.4, 0.5) is 0 Å². The predicted molar refractivity (Wildman–Crippen MR) is 44.6 cm³/mol. The summed E-state index contributed by atoms with van der Waals surface area (Å²) in [7, 11) is 0. The van der Waals surface area contributed by atoms with Gasteiger partial charge in [-0.25, -0.2) is 0 Å². The van der Waals surface area contributed by atoms with Crippen molar-refractivity contribution in [1.29, 1.82) is 0 Å². The van der Waals surface area contributed by atoms with Crippen molar-refractivity contribution in [3.63, 3.8) is 0 Å². The van der Waals surface area contributed by atoms with Gasteiger partial charge in [0.15, 0.2) is 0 Å². The maximum absolute atomic E-state index is 4.26. The summed E-state index contributed by atoms with van der Waals surface area (Å²) < 4.78 is 0. The molecular weight excluding hydrogens is 136 g/mol. The second-order valence-electron chi connectivity index (χ2n) is 3.72. The van der Waals surface area contributed by atoms with E-state index in [1.807, 2.05) is 0 Å². The highest BCUT2D eigenvalue weighted by Crippen LogP contribution is 2.37. The van der Waals surface area contributed by atoms with Gasteiger partial charge in [-0.15, -0.1) is 0 Å². The predicted octanol–water partition coefficient (Wildman–Crippen LogP) is 2.57. The van der Waals surface area contributed by atoms with E-state index in [1.54, 1.807) is 0 Å². The van der Waals surface area contributed by atoms with E-state index >= 15 is 0 Å². The van der Waals surface area contributed by atoms with E-state index in [2.05, 4.69) is 23.7 Å². The maximum Gasteiger partial charge on any atom is 0.0774 e. The van der Waals surface area contributed by atoms with Crippen LogP contribution in [0.1, 0.15) is 26.2 Å². The second kappa shape index (κ2) is 2.43. The first kappa shape index (κ1) is 7.01. The molecule has 0 N–H and O–H groups in total. The van der Waals surface area contributed by atoms with Gasteiger partial charge >= 0.3 is 0 Å². The van der Waals surface area contributed by atoms with E-state index in [0.717, 1.165) is 0 Å². The Morgan fingerprint density at radius 2 is 2.18 bits per heavy atom. The lowest BCUT2D eigenvalue weighted by Crippen LogP contribution is -2.34. The highest BCUT2D eigenvalue weighted by atomic mass is 15.2. The molecule has 3 unspecified atom stereocenters. The van der Waals surface area contributed by atoms with Gasteiger partial charge in [-0.05, 0) is 26.2 Å². The molecule has 2 heteroatoms. The van der Waals surface area contributed by atoms with E-state index < -0.39 is 0 Å². The second-order valence-corrected chi connectivity index (χ2v) is 3.72. The summed E-state index contributed by atoms with van der Waals surface area (Å²) in [6.07, 6.45) is 3.67. The van der Waals surface area contributed by atoms with Gasteiger partial charge in [0, 0.05) is 5.92 Å². The molecule has 1 aliphatic carbocycles. The van der Waals surface area contributed by atoms with Crippen LogP contribution in [0.3, 0.4) is 0 Å². The molecule has 1 saturated carbocycles. The van der Waals surface area contributed by atoms with Gasteiger partial charge in [0.2, 0.25) is 0 Å². The van der Waals surface area contributed by atoms with Crippen LogP contribution in [0.25, 0.3) is 0 Å². The van der Waals surface area contributed by atoms with E-state index in [4.69, 9.17) is 0 Å². The molecule has 1 fully saturated rings. The fourth-order valence-corrected chi connectivity index (χ4v) is 2.08. The minimum absolute atomic E-state index is 0.470. The molecule has 2 aliphatic heterocycles. The molecule has 0 spiro atoms. The molecule has 3 rings (SSSR count). The monoisotopic (exact) mass is 150 g/mol. The van der Waals surface area contributed by atoms with Crippen LogP contribution >= 0.6 is 0 Å². The Morgan fingerprint density at radius 1 is 1.36 bits per heavy atom. The number of nitrogens with zero attached hydrogens (tertiary/aromatic N) is 2. The molecule has 3 atom stereocenters. The molecule has 0 saturated heterocycles. The molecule has 2 nitrogen and oxygen atoms in total. The first-order valence-corrected chi connectivity index (χ1v) is 4.32. The van der Waals surface area contributed by atoms with Gasteiger partial charge in [0.25, 0.3) is 0 Å². The van der Waals surface area contributed by atoms with Gasteiger partial charge in [-0.1, -0.05) is 12.2 Å². The van der Waals surface area contributed by atoms with Gasteiger partial charge in [-0.2, -0.15) is 10.2 Å². The molecule has 0 aromatic carbocycles. The van der Waals surface area contributed by atoms with Crippen LogP contribution in [0.15, 0.2) is 22.4 Å². The molecule has 0 aromatic rings. The largest absolute Gasteiger partial charge is 0.190 e. The average Bonchev–Trinajstić information content (AvgIpc) is 2.06. The summed E-state index contributed by atoms with van der Waals surface area (Å²) in [4.78, 5) is 0. The van der Waals surface area contributed by atoms with Crippen molar-refractivity contribution in [3.8, 4) is 0 Å². The third-order valence-electron chi connectivity index (χ3n) is 2.80. The van der Waals surface area contributed by atoms with Crippen LogP contribution in [0.2, 0.25) is 0 Å². The fraction of sp³-hybridized carbons (Fsp3) is 0.778. The Morgan fingerprint density at radius 3 is 2.45 bits per heavy atom. The highest BCUT2D eigenvalue weighted by Gasteiger charge is 2.34. The molecule has 3 aliphatic rings. The van der Waals surface area contributed by atoms with Crippen LogP contribution < -0.4 is 0 Å². The molecule has 0 amide bonds. The van der Waals surface area contributed by atoms with Gasteiger partial charge < -0.3 is 0 Å². The fourth-order valence-electron chi connectivity index (χ4n) is 2.08. The minimum atomic E-state index is 0.470. The lowest BCUT2D eigenvalue weighted by molar-refractivity contribution is 0.256. The van der Waals surface area contributed by atoms with Crippen LogP contribution in [-0.2, 0) is 0 Å². The van der Waals surface area contributed by atoms with Gasteiger partial charge in [0.05, 0.1) is 12.1 Å². The van der Waals surface area contributed by atoms with Crippen LogP contribution in [-0.4, -0.2) is 12.1 Å². The van der Waals surface area contributed by atoms with Gasteiger partial charge in [-0.3, -0.25) is 0 Å². The molecular formula is C9H14N2. The third kappa shape index (κ3) is 1.10. The summed E-state index contributed by atoms with van der Waals surface area (Å²) in [5.74, 6) is 0.631. The molecule has 2 heterocycles. The number of hydrogen-bond donors (Lipinski definition) is 0. The maximum atomic E-state index is 4.26. The topological polar surface area (TPSA) is 24.7 Å². The summed E-state index contributed by atoms with van der Waals surface area (Å²) in [5.41, 5.74) is 1.29. The first-order chi connectivity index (χ1) is 5.27. The lowest BCUT2D eigenvalue weighted by atomic mass is 9.78. The zero-order valence-corrected chi connectivity index (χ0v) is 6.95. The van der Waals surface area contributed by atoms with E-state index in [-0.39, 0.29) is 0 Å². The standard InChI is InChI=1S/C9H14N2/c1-6(2)8-5-7-3-4-9(8)11-10-7/h7-9H,1,3-5H2,2H3. The van der Waals surface area contributed by atoms with Crippen molar-refractivity contribution in [2.75, 3.05) is 0 Å². The normalized spacial score (nSPS) is 41.0. The van der Waals surface area contributed by atoms with Crippen molar-refractivity contribution in [2.45, 2.75) is 38.3 Å². The Labute approximate surface area is 67.4 Å². The van der Waals surface area contributed by atoms with Crippen molar-refractivity contribution < 1.29 is 0 Å². The van der Waals surface area contributed by atoms with Crippen molar-refractivity contribution >= 4 is 0 Å². The number of hydrogen-bond acceptors (Lipinski definition) is 2. The SMILES string of the molecule is C=C(C)C1CC2CCC1N=N2. The smallest absolute Gasteiger partial charge is 0.0774 e. The van der Waals surface area contributed by atoms with E-state index in [0.29, 0.717) is 18.0 Å². The Kier molecular flexibility index (Phi) is 1.55. The summed E-state index contributed by atoms with van der Waals surface area (Å²) >= 11 is 0. The van der Waals surface area contributed by atoms with Crippen molar-refractivity contribution in [3.05, 3.63) is 12.2 Å². The third-order valence-corrected chi connectivity index (χ3v) is 2.80. The van der Waals surface area contributed by atoms with Crippen LogP contribution in [0.5, 0.6) is 0 Å². The average molecular weight is 150 g/mol. The number of fused-ring (bicyclic) bond motifs is 2. The molecule has 0 aromatic heterocycles. The Balaban J connectivity index is 2.17. The zero-order valence-electron chi connectivity index (χ0n) is 6.95. The molecule has 2 bridgehead atoms. The van der Waals surface area contributed by atoms with Crippen molar-refractivity contribution in [1.82, 2.24) is 0 Å². The molecule has 60 valence electrons. The van der Waals surface area contributed by atoms with Crippen LogP contribution in [0, 0.1) is 5.92 Å². The summed E-state index contributed by atoms with van der Waals surface area (Å²) in [5, 5.41) is 8.48. The number of rotatable bonds is 1. The van der Waals surface area contributed by atoms with Crippen molar-refractivity contribution in [2.24, 2.45) is 16.1 Å². The van der Waals surface area contributed by atoms with E-state index in [9.17, 15) is 0 Å². The first-order valence-electron chi connectivity index (χ1n) is 4.32. The minimum Gasteiger partial charge on any atom is -0.190 e. The quantitative estimate of drug-likeness (QED) is 0.513. The number of azo groups is 1. The summed E-state index contributed by atoms with van der Waals surface area (Å²) in [6.45, 7) is 6.11.